The molecule has 0 heterocycles. The minimum atomic E-state index is -1.04. The van der Waals surface area contributed by atoms with Gasteiger partial charge >= 0.3 is 0 Å². The minimum Gasteiger partial charge on any atom is -0.389 e. The summed E-state index contributed by atoms with van der Waals surface area (Å²) in [5, 5.41) is 22.7. The molecule has 0 aromatic heterocycles. The highest BCUT2D eigenvalue weighted by molar-refractivity contribution is 4.88. The van der Waals surface area contributed by atoms with E-state index in [2.05, 4.69) is 33.0 Å². The first-order valence-electron chi connectivity index (χ1n) is 5.79. The Morgan fingerprint density at radius 2 is 1.67 bits per heavy atom. The maximum atomic E-state index is 9.71. The summed E-state index contributed by atoms with van der Waals surface area (Å²) in [6.45, 7) is 12.3. The van der Waals surface area contributed by atoms with Crippen molar-refractivity contribution in [2.24, 2.45) is 5.92 Å². The van der Waals surface area contributed by atoms with Crippen LogP contribution in [0.2, 0.25) is 0 Å². The fourth-order valence-electron chi connectivity index (χ4n) is 1.32. The molecule has 2 unspecified atom stereocenters. The Morgan fingerprint density at radius 3 is 1.93 bits per heavy atom. The van der Waals surface area contributed by atoms with Gasteiger partial charge in [0, 0.05) is 12.1 Å². The van der Waals surface area contributed by atoms with E-state index in [0.717, 1.165) is 6.42 Å². The normalized spacial score (nSPS) is 19.0. The van der Waals surface area contributed by atoms with Crippen LogP contribution in [0.25, 0.3) is 0 Å². The SMILES string of the molecule is CCC(C)(NCC(O)C(C)(C)O)C(C)C. The van der Waals surface area contributed by atoms with Gasteiger partial charge in [0.05, 0.1) is 11.7 Å². The largest absolute Gasteiger partial charge is 0.389 e. The Hall–Kier alpha value is -0.120. The molecule has 0 aromatic carbocycles. The molecule has 0 fully saturated rings. The third-order valence-corrected chi connectivity index (χ3v) is 3.52. The van der Waals surface area contributed by atoms with Crippen molar-refractivity contribution in [1.29, 1.82) is 0 Å². The van der Waals surface area contributed by atoms with Gasteiger partial charge in [0.1, 0.15) is 0 Å². The number of hydrogen-bond donors (Lipinski definition) is 3. The first-order valence-corrected chi connectivity index (χ1v) is 5.79. The summed E-state index contributed by atoms with van der Waals surface area (Å²) >= 11 is 0. The Labute approximate surface area is 93.9 Å². The van der Waals surface area contributed by atoms with Crippen LogP contribution in [0.15, 0.2) is 0 Å². The van der Waals surface area contributed by atoms with Crippen molar-refractivity contribution in [2.75, 3.05) is 6.54 Å². The zero-order valence-electron chi connectivity index (χ0n) is 11.0. The van der Waals surface area contributed by atoms with Crippen molar-refractivity contribution in [3.8, 4) is 0 Å². The standard InChI is InChI=1S/C12H27NO2/c1-7-12(6,9(2)3)13-8-10(14)11(4,5)15/h9-10,13-15H,7-8H2,1-6H3. The van der Waals surface area contributed by atoms with Crippen molar-refractivity contribution >= 4 is 0 Å². The fraction of sp³-hybridized carbons (Fsp3) is 1.00. The van der Waals surface area contributed by atoms with E-state index in [0.29, 0.717) is 12.5 Å². The topological polar surface area (TPSA) is 52.5 Å². The van der Waals surface area contributed by atoms with Crippen molar-refractivity contribution in [3.05, 3.63) is 0 Å². The Morgan fingerprint density at radius 1 is 1.20 bits per heavy atom. The van der Waals surface area contributed by atoms with E-state index in [4.69, 9.17) is 0 Å². The summed E-state index contributed by atoms with van der Waals surface area (Å²) in [7, 11) is 0. The zero-order valence-corrected chi connectivity index (χ0v) is 11.0. The Balaban J connectivity index is 4.25. The third kappa shape index (κ3) is 4.49. The number of nitrogens with one attached hydrogen (secondary N) is 1. The maximum Gasteiger partial charge on any atom is 0.0945 e. The lowest BCUT2D eigenvalue weighted by Crippen LogP contribution is -2.53. The molecule has 0 amide bonds. The molecule has 92 valence electrons. The molecule has 0 spiro atoms. The number of β-amino-alcohol motifs (C(OH)–C–C–N with tert-alkyl or cyclic N) is 1. The van der Waals surface area contributed by atoms with E-state index in [1.807, 2.05) is 0 Å². The predicted octanol–water partition coefficient (Wildman–Crippen LogP) is 1.53. The van der Waals surface area contributed by atoms with E-state index >= 15 is 0 Å². The van der Waals surface area contributed by atoms with E-state index < -0.39 is 11.7 Å². The highest BCUT2D eigenvalue weighted by atomic mass is 16.3. The summed E-state index contributed by atoms with van der Waals surface area (Å²) in [4.78, 5) is 0. The van der Waals surface area contributed by atoms with Crippen molar-refractivity contribution < 1.29 is 10.2 Å². The van der Waals surface area contributed by atoms with Crippen LogP contribution in [0.5, 0.6) is 0 Å². The molecular formula is C12H27NO2. The molecule has 15 heavy (non-hydrogen) atoms. The van der Waals surface area contributed by atoms with Crippen LogP contribution < -0.4 is 5.32 Å². The molecule has 3 nitrogen and oxygen atoms in total. The van der Waals surface area contributed by atoms with Crippen LogP contribution >= 0.6 is 0 Å². The average molecular weight is 217 g/mol. The van der Waals surface area contributed by atoms with Crippen molar-refractivity contribution in [2.45, 2.75) is 65.2 Å². The number of aliphatic hydroxyl groups excluding tert-OH is 1. The van der Waals surface area contributed by atoms with Gasteiger partial charge in [-0.3, -0.25) is 0 Å². The lowest BCUT2D eigenvalue weighted by molar-refractivity contribution is -0.0500. The monoisotopic (exact) mass is 217 g/mol. The van der Waals surface area contributed by atoms with E-state index in [-0.39, 0.29) is 5.54 Å². The van der Waals surface area contributed by atoms with Gasteiger partial charge in [-0.25, -0.2) is 0 Å². The molecular weight excluding hydrogens is 190 g/mol. The number of rotatable bonds is 6. The number of aliphatic hydroxyl groups is 2. The maximum absolute atomic E-state index is 9.71. The van der Waals surface area contributed by atoms with Crippen molar-refractivity contribution in [3.63, 3.8) is 0 Å². The molecule has 0 saturated carbocycles. The first kappa shape index (κ1) is 14.9. The highest BCUT2D eigenvalue weighted by Crippen LogP contribution is 2.20. The lowest BCUT2D eigenvalue weighted by Gasteiger charge is -2.36. The van der Waals surface area contributed by atoms with Gasteiger partial charge in [-0.05, 0) is 33.1 Å². The Kier molecular flexibility index (Phi) is 5.24. The van der Waals surface area contributed by atoms with Crippen LogP contribution in [-0.4, -0.2) is 34.0 Å². The van der Waals surface area contributed by atoms with E-state index in [9.17, 15) is 10.2 Å². The molecule has 3 N–H and O–H groups in total. The predicted molar refractivity (Wildman–Crippen MR) is 63.8 cm³/mol. The van der Waals surface area contributed by atoms with Gasteiger partial charge in [0.2, 0.25) is 0 Å². The molecule has 0 bridgehead atoms. The first-order chi connectivity index (χ1) is 6.63. The minimum absolute atomic E-state index is 0.0201. The molecule has 0 aliphatic rings. The van der Waals surface area contributed by atoms with Gasteiger partial charge in [-0.1, -0.05) is 20.8 Å². The third-order valence-electron chi connectivity index (χ3n) is 3.52. The van der Waals surface area contributed by atoms with E-state index in [1.165, 1.54) is 0 Å². The zero-order chi connectivity index (χ0) is 12.3. The summed E-state index contributed by atoms with van der Waals surface area (Å²) < 4.78 is 0. The summed E-state index contributed by atoms with van der Waals surface area (Å²) in [6, 6.07) is 0. The number of hydrogen-bond acceptors (Lipinski definition) is 3. The van der Waals surface area contributed by atoms with Gasteiger partial charge in [-0.2, -0.15) is 0 Å². The second-order valence-electron chi connectivity index (χ2n) is 5.48. The van der Waals surface area contributed by atoms with Crippen LogP contribution in [0.3, 0.4) is 0 Å². The highest BCUT2D eigenvalue weighted by Gasteiger charge is 2.30. The van der Waals surface area contributed by atoms with Crippen LogP contribution in [0.1, 0.15) is 48.0 Å². The molecule has 0 aliphatic heterocycles. The molecule has 0 radical (unpaired) electrons. The average Bonchev–Trinajstić information content (AvgIpc) is 2.11. The fourth-order valence-corrected chi connectivity index (χ4v) is 1.32. The summed E-state index contributed by atoms with van der Waals surface area (Å²) in [5.74, 6) is 0.497. The molecule has 0 aromatic rings. The molecule has 0 aliphatic carbocycles. The molecule has 3 heteroatoms. The summed E-state index contributed by atoms with van der Waals surface area (Å²) in [6.07, 6.45) is 0.269. The second-order valence-corrected chi connectivity index (χ2v) is 5.48. The van der Waals surface area contributed by atoms with E-state index in [1.54, 1.807) is 13.8 Å². The van der Waals surface area contributed by atoms with Crippen LogP contribution in [0.4, 0.5) is 0 Å². The quantitative estimate of drug-likeness (QED) is 0.632. The van der Waals surface area contributed by atoms with Gasteiger partial charge < -0.3 is 15.5 Å². The molecule has 0 saturated heterocycles. The van der Waals surface area contributed by atoms with Crippen LogP contribution in [0, 0.1) is 5.92 Å². The van der Waals surface area contributed by atoms with Gasteiger partial charge in [0.15, 0.2) is 0 Å². The van der Waals surface area contributed by atoms with Crippen molar-refractivity contribution in [1.82, 2.24) is 5.32 Å². The second kappa shape index (κ2) is 5.28. The molecule has 2 atom stereocenters. The summed E-state index contributed by atoms with van der Waals surface area (Å²) in [5.41, 5.74) is -1.02. The molecule has 0 rings (SSSR count). The van der Waals surface area contributed by atoms with Gasteiger partial charge in [-0.15, -0.1) is 0 Å². The Bertz CT molecular complexity index is 187. The lowest BCUT2D eigenvalue weighted by atomic mass is 9.85. The van der Waals surface area contributed by atoms with Crippen LogP contribution in [-0.2, 0) is 0 Å². The smallest absolute Gasteiger partial charge is 0.0945 e. The van der Waals surface area contributed by atoms with Gasteiger partial charge in [0.25, 0.3) is 0 Å².